The first kappa shape index (κ1) is 24.4. The largest absolute Gasteiger partial charge is 0.466 e. The minimum absolute atomic E-state index is 0. The maximum absolute atomic E-state index is 12.1. The highest BCUT2D eigenvalue weighted by Crippen LogP contribution is 2.21. The monoisotopic (exact) mass is 516 g/mol. The van der Waals surface area contributed by atoms with E-state index in [2.05, 4.69) is 10.2 Å². The van der Waals surface area contributed by atoms with Crippen LogP contribution in [0.1, 0.15) is 39.5 Å². The molecule has 0 aliphatic carbocycles. The first-order chi connectivity index (χ1) is 12.4. The van der Waals surface area contributed by atoms with Gasteiger partial charge in [-0.05, 0) is 39.5 Å². The summed E-state index contributed by atoms with van der Waals surface area (Å²) in [6.45, 7) is 7.37. The van der Waals surface area contributed by atoms with Gasteiger partial charge < -0.3 is 15.0 Å². The van der Waals surface area contributed by atoms with E-state index in [1.807, 2.05) is 13.8 Å². The Morgan fingerprint density at radius 1 is 1.22 bits per heavy atom. The van der Waals surface area contributed by atoms with Gasteiger partial charge in [0.1, 0.15) is 0 Å². The number of hydrogen-bond acceptors (Lipinski definition) is 5. The van der Waals surface area contributed by atoms with Gasteiger partial charge in [-0.15, -0.1) is 24.0 Å². The van der Waals surface area contributed by atoms with Crippen LogP contribution >= 0.6 is 24.0 Å². The number of carbonyl (C=O) groups is 1. The van der Waals surface area contributed by atoms with Crippen molar-refractivity contribution in [2.24, 2.45) is 10.9 Å². The molecule has 0 bridgehead atoms. The van der Waals surface area contributed by atoms with E-state index in [0.717, 1.165) is 44.7 Å². The number of ether oxygens (including phenoxy) is 1. The van der Waals surface area contributed by atoms with Crippen molar-refractivity contribution in [2.45, 2.75) is 45.6 Å². The van der Waals surface area contributed by atoms with Crippen molar-refractivity contribution in [3.63, 3.8) is 0 Å². The summed E-state index contributed by atoms with van der Waals surface area (Å²) in [5.41, 5.74) is 0. The molecular weight excluding hydrogens is 483 g/mol. The maximum atomic E-state index is 12.1. The Hall–Kier alpha value is -0.620. The van der Waals surface area contributed by atoms with Gasteiger partial charge in [-0.2, -0.15) is 4.31 Å². The molecule has 0 unspecified atom stereocenters. The molecule has 2 aliphatic heterocycles. The number of sulfonamides is 1. The number of guanidine groups is 1. The summed E-state index contributed by atoms with van der Waals surface area (Å²) < 4.78 is 30.5. The van der Waals surface area contributed by atoms with E-state index in [1.165, 1.54) is 6.26 Å². The summed E-state index contributed by atoms with van der Waals surface area (Å²) in [5, 5.41) is 3.28. The highest BCUT2D eigenvalue weighted by atomic mass is 127. The average Bonchev–Trinajstić information content (AvgIpc) is 3.08. The van der Waals surface area contributed by atoms with Crippen LogP contribution in [-0.2, 0) is 19.6 Å². The van der Waals surface area contributed by atoms with Gasteiger partial charge in [0.25, 0.3) is 0 Å². The molecule has 158 valence electrons. The van der Waals surface area contributed by atoms with Gasteiger partial charge in [0, 0.05) is 32.2 Å². The Morgan fingerprint density at radius 2 is 1.93 bits per heavy atom. The molecule has 0 spiro atoms. The van der Waals surface area contributed by atoms with Crippen LogP contribution in [0.3, 0.4) is 0 Å². The molecule has 0 radical (unpaired) electrons. The molecule has 2 heterocycles. The molecule has 2 aliphatic rings. The fourth-order valence-corrected chi connectivity index (χ4v) is 4.84. The van der Waals surface area contributed by atoms with Crippen LogP contribution in [0.4, 0.5) is 0 Å². The summed E-state index contributed by atoms with van der Waals surface area (Å²) in [5.74, 6) is 0.473. The van der Waals surface area contributed by atoms with Crippen LogP contribution < -0.4 is 5.32 Å². The number of nitrogens with one attached hydrogen (secondary N) is 1. The molecule has 0 aromatic carbocycles. The number of piperidine rings is 1. The van der Waals surface area contributed by atoms with Crippen molar-refractivity contribution in [1.29, 1.82) is 0 Å². The van der Waals surface area contributed by atoms with Crippen LogP contribution in [0.25, 0.3) is 0 Å². The molecule has 10 heteroatoms. The molecule has 0 aromatic heterocycles. The lowest BCUT2D eigenvalue weighted by molar-refractivity contribution is -0.149. The van der Waals surface area contributed by atoms with E-state index in [-0.39, 0.29) is 41.9 Å². The zero-order chi connectivity index (χ0) is 19.2. The second kappa shape index (κ2) is 11.4. The van der Waals surface area contributed by atoms with E-state index in [1.54, 1.807) is 4.31 Å². The van der Waals surface area contributed by atoms with E-state index in [4.69, 9.17) is 9.73 Å². The third-order valence-corrected chi connectivity index (χ3v) is 6.21. The van der Waals surface area contributed by atoms with Crippen LogP contribution in [0.2, 0.25) is 0 Å². The molecule has 2 fully saturated rings. The number of likely N-dealkylation sites (tertiary alicyclic amines) is 1. The minimum atomic E-state index is -3.19. The maximum Gasteiger partial charge on any atom is 0.310 e. The molecule has 0 saturated carbocycles. The molecule has 27 heavy (non-hydrogen) atoms. The minimum Gasteiger partial charge on any atom is -0.466 e. The second-order valence-electron chi connectivity index (χ2n) is 6.90. The number of halogens is 1. The van der Waals surface area contributed by atoms with Crippen molar-refractivity contribution in [2.75, 3.05) is 45.6 Å². The lowest BCUT2D eigenvalue weighted by Gasteiger charge is -2.34. The van der Waals surface area contributed by atoms with Gasteiger partial charge in [-0.3, -0.25) is 9.79 Å². The first-order valence-electron chi connectivity index (χ1n) is 9.53. The van der Waals surface area contributed by atoms with E-state index >= 15 is 0 Å². The molecule has 1 N–H and O–H groups in total. The van der Waals surface area contributed by atoms with Crippen LogP contribution in [0.5, 0.6) is 0 Å². The quantitative estimate of drug-likeness (QED) is 0.248. The summed E-state index contributed by atoms with van der Waals surface area (Å²) in [4.78, 5) is 18.8. The lowest BCUT2D eigenvalue weighted by atomic mass is 9.98. The molecule has 2 saturated heterocycles. The standard InChI is InChI=1S/C17H32N4O4S.HI/c1-4-18-17(19-12-15-9-7-11-21(15)26(3,23)24)20-10-6-8-14(13-20)16(22)25-5-2;/h14-15H,4-13H2,1-3H3,(H,18,19);1H/t14-,15-;/m1./s1. The molecular formula is C17H33IN4O4S. The van der Waals surface area contributed by atoms with Gasteiger partial charge >= 0.3 is 5.97 Å². The van der Waals surface area contributed by atoms with Crippen molar-refractivity contribution in [3.05, 3.63) is 0 Å². The van der Waals surface area contributed by atoms with Gasteiger partial charge in [-0.1, -0.05) is 0 Å². The normalized spacial score (nSPS) is 24.4. The highest BCUT2D eigenvalue weighted by Gasteiger charge is 2.32. The third kappa shape index (κ3) is 7.04. The average molecular weight is 516 g/mol. The Bertz CT molecular complexity index is 614. The molecule has 0 aromatic rings. The second-order valence-corrected chi connectivity index (χ2v) is 8.84. The van der Waals surface area contributed by atoms with E-state index in [0.29, 0.717) is 26.2 Å². The Balaban J connectivity index is 0.00000364. The summed E-state index contributed by atoms with van der Waals surface area (Å²) in [7, 11) is -3.19. The predicted octanol–water partition coefficient (Wildman–Crippen LogP) is 1.27. The summed E-state index contributed by atoms with van der Waals surface area (Å²) in [6, 6.07) is -0.0794. The van der Waals surface area contributed by atoms with E-state index in [9.17, 15) is 13.2 Å². The lowest BCUT2D eigenvalue weighted by Crippen LogP contribution is -2.48. The highest BCUT2D eigenvalue weighted by molar-refractivity contribution is 14.0. The zero-order valence-corrected chi connectivity index (χ0v) is 19.7. The molecule has 8 nitrogen and oxygen atoms in total. The Labute approximate surface area is 180 Å². The van der Waals surface area contributed by atoms with E-state index < -0.39 is 10.0 Å². The van der Waals surface area contributed by atoms with Gasteiger partial charge in [0.05, 0.1) is 25.3 Å². The van der Waals surface area contributed by atoms with Crippen molar-refractivity contribution < 1.29 is 17.9 Å². The summed E-state index contributed by atoms with van der Waals surface area (Å²) in [6.07, 6.45) is 4.71. The fraction of sp³-hybridized carbons (Fsp3) is 0.882. The van der Waals surface area contributed by atoms with Crippen molar-refractivity contribution in [1.82, 2.24) is 14.5 Å². The number of rotatable bonds is 6. The molecule has 2 rings (SSSR count). The molecule has 0 amide bonds. The zero-order valence-electron chi connectivity index (χ0n) is 16.5. The van der Waals surface area contributed by atoms with Gasteiger partial charge in [0.15, 0.2) is 5.96 Å². The predicted molar refractivity (Wildman–Crippen MR) is 117 cm³/mol. The molecule has 2 atom stereocenters. The summed E-state index contributed by atoms with van der Waals surface area (Å²) >= 11 is 0. The van der Waals surface area contributed by atoms with Gasteiger partial charge in [0.2, 0.25) is 10.0 Å². The third-order valence-electron chi connectivity index (χ3n) is 4.88. The smallest absolute Gasteiger partial charge is 0.310 e. The number of aliphatic imine (C=N–C) groups is 1. The van der Waals surface area contributed by atoms with Crippen molar-refractivity contribution >= 4 is 45.9 Å². The van der Waals surface area contributed by atoms with Gasteiger partial charge in [-0.25, -0.2) is 8.42 Å². The number of carbonyl (C=O) groups excluding carboxylic acids is 1. The first-order valence-corrected chi connectivity index (χ1v) is 11.4. The number of nitrogens with zero attached hydrogens (tertiary/aromatic N) is 3. The van der Waals surface area contributed by atoms with Crippen LogP contribution in [0.15, 0.2) is 4.99 Å². The van der Waals surface area contributed by atoms with Crippen molar-refractivity contribution in [3.8, 4) is 0 Å². The Kier molecular flexibility index (Phi) is 10.3. The Morgan fingerprint density at radius 3 is 2.56 bits per heavy atom. The SMILES string of the molecule is CCNC(=NC[C@H]1CCCN1S(C)(=O)=O)N1CCC[C@@H](C(=O)OCC)C1.I. The van der Waals surface area contributed by atoms with Crippen LogP contribution in [-0.4, -0.2) is 81.2 Å². The van der Waals surface area contributed by atoms with Crippen LogP contribution in [0, 0.1) is 5.92 Å². The number of hydrogen-bond donors (Lipinski definition) is 1. The fourth-order valence-electron chi connectivity index (χ4n) is 3.67. The topological polar surface area (TPSA) is 91.3 Å². The number of esters is 1.